The van der Waals surface area contributed by atoms with Gasteiger partial charge in [-0.15, -0.1) is 23.2 Å². The second-order valence-electron chi connectivity index (χ2n) is 9.87. The van der Waals surface area contributed by atoms with Gasteiger partial charge in [-0.3, -0.25) is 14.3 Å². The standard InChI is InChI=1S/C34H32Cl2N4O5/c1-3-43-16-17-44-30-20-29-27(13-15-39(29)37-2)18-31(30)45-28-12-14-38-32(19-28)40(33(41)25-8-4-23(21-35)5-9-25)34(42)26-10-6-24(22-36)7-11-26/h4-15,18-20,37H,3,16-17,21-22H2,1-2H3. The molecule has 0 aliphatic heterocycles. The summed E-state index contributed by atoms with van der Waals surface area (Å²) in [5.41, 5.74) is 6.29. The molecule has 2 aromatic heterocycles. The number of benzene rings is 3. The van der Waals surface area contributed by atoms with Crippen molar-refractivity contribution in [2.75, 3.05) is 37.2 Å². The number of alkyl halides is 2. The fourth-order valence-corrected chi connectivity index (χ4v) is 4.98. The molecule has 0 fully saturated rings. The fraction of sp³-hybridized carbons (Fsp3) is 0.206. The Morgan fingerprint density at radius 2 is 1.49 bits per heavy atom. The zero-order valence-corrected chi connectivity index (χ0v) is 26.3. The highest BCUT2D eigenvalue weighted by molar-refractivity contribution is 6.25. The van der Waals surface area contributed by atoms with Crippen molar-refractivity contribution in [3.8, 4) is 17.2 Å². The van der Waals surface area contributed by atoms with Gasteiger partial charge < -0.3 is 19.6 Å². The van der Waals surface area contributed by atoms with Crippen molar-refractivity contribution < 1.29 is 23.8 Å². The number of hydrogen-bond acceptors (Lipinski definition) is 7. The molecular formula is C34H32Cl2N4O5. The smallest absolute Gasteiger partial charge is 0.266 e. The minimum Gasteiger partial charge on any atom is -0.487 e. The first-order chi connectivity index (χ1) is 21.9. The maximum Gasteiger partial charge on any atom is 0.266 e. The average Bonchev–Trinajstić information content (AvgIpc) is 3.48. The van der Waals surface area contributed by atoms with Gasteiger partial charge in [0.1, 0.15) is 18.2 Å². The number of hydrogen-bond donors (Lipinski definition) is 1. The van der Waals surface area contributed by atoms with E-state index in [2.05, 4.69) is 10.4 Å². The first kappa shape index (κ1) is 31.8. The second kappa shape index (κ2) is 14.9. The SMILES string of the molecule is CCOCCOc1cc2c(ccn2NC)cc1Oc1ccnc(N(C(=O)c2ccc(CCl)cc2)C(=O)c2ccc(CCl)cc2)c1. The van der Waals surface area contributed by atoms with Crippen LogP contribution >= 0.6 is 23.2 Å². The van der Waals surface area contributed by atoms with E-state index in [0.717, 1.165) is 26.9 Å². The molecular weight excluding hydrogens is 615 g/mol. The van der Waals surface area contributed by atoms with E-state index in [-0.39, 0.29) is 5.82 Å². The highest BCUT2D eigenvalue weighted by Crippen LogP contribution is 2.37. The van der Waals surface area contributed by atoms with Gasteiger partial charge in [0.05, 0.1) is 12.1 Å². The predicted octanol–water partition coefficient (Wildman–Crippen LogP) is 7.38. The molecule has 0 saturated carbocycles. The molecule has 0 unspecified atom stereocenters. The zero-order valence-electron chi connectivity index (χ0n) is 24.8. The third kappa shape index (κ3) is 7.39. The van der Waals surface area contributed by atoms with E-state index < -0.39 is 11.8 Å². The number of nitrogens with one attached hydrogen (secondary N) is 1. The molecule has 0 aliphatic carbocycles. The van der Waals surface area contributed by atoms with Crippen molar-refractivity contribution in [2.24, 2.45) is 0 Å². The molecule has 9 nitrogen and oxygen atoms in total. The van der Waals surface area contributed by atoms with Crippen LogP contribution < -0.4 is 19.8 Å². The predicted molar refractivity (Wildman–Crippen MR) is 177 cm³/mol. The van der Waals surface area contributed by atoms with Crippen LogP contribution in [0.3, 0.4) is 0 Å². The van der Waals surface area contributed by atoms with E-state index in [0.29, 0.717) is 60.0 Å². The van der Waals surface area contributed by atoms with Crippen LogP contribution in [-0.2, 0) is 16.5 Å². The van der Waals surface area contributed by atoms with E-state index >= 15 is 0 Å². The number of amides is 2. The first-order valence-corrected chi connectivity index (χ1v) is 15.4. The number of anilines is 1. The minimum atomic E-state index is -0.554. The number of aromatic nitrogens is 2. The van der Waals surface area contributed by atoms with Crippen molar-refractivity contribution in [1.29, 1.82) is 0 Å². The molecule has 11 heteroatoms. The van der Waals surface area contributed by atoms with Crippen LogP contribution in [0, 0.1) is 0 Å². The molecule has 0 radical (unpaired) electrons. The molecule has 0 saturated heterocycles. The molecule has 3 aromatic carbocycles. The molecule has 232 valence electrons. The Balaban J connectivity index is 1.51. The molecule has 1 N–H and O–H groups in total. The third-order valence-corrected chi connectivity index (χ3v) is 7.59. The number of carbonyl (C=O) groups is 2. The average molecular weight is 648 g/mol. The zero-order chi connectivity index (χ0) is 31.8. The number of rotatable bonds is 13. The number of carbonyl (C=O) groups excluding carboxylic acids is 2. The number of nitrogens with zero attached hydrogens (tertiary/aromatic N) is 3. The number of halogens is 2. The van der Waals surface area contributed by atoms with E-state index in [9.17, 15) is 9.59 Å². The molecule has 0 aliphatic rings. The molecule has 0 bridgehead atoms. The van der Waals surface area contributed by atoms with E-state index in [1.807, 2.05) is 43.0 Å². The first-order valence-electron chi connectivity index (χ1n) is 14.3. The van der Waals surface area contributed by atoms with Crippen LogP contribution in [0.25, 0.3) is 10.9 Å². The Morgan fingerprint density at radius 3 is 2.07 bits per heavy atom. The summed E-state index contributed by atoms with van der Waals surface area (Å²) in [7, 11) is 1.82. The second-order valence-corrected chi connectivity index (χ2v) is 10.4. The lowest BCUT2D eigenvalue weighted by Gasteiger charge is -2.21. The van der Waals surface area contributed by atoms with Crippen LogP contribution in [0.15, 0.2) is 91.3 Å². The van der Waals surface area contributed by atoms with Crippen LogP contribution in [0.1, 0.15) is 38.8 Å². The Kier molecular flexibility index (Phi) is 10.6. The van der Waals surface area contributed by atoms with Gasteiger partial charge in [0, 0.05) is 66.5 Å². The molecule has 5 aromatic rings. The van der Waals surface area contributed by atoms with Gasteiger partial charge in [0.25, 0.3) is 11.8 Å². The van der Waals surface area contributed by atoms with Crippen LogP contribution in [-0.4, -0.2) is 48.3 Å². The van der Waals surface area contributed by atoms with Gasteiger partial charge in [0.15, 0.2) is 11.5 Å². The summed E-state index contributed by atoms with van der Waals surface area (Å²) < 4.78 is 19.7. The quantitative estimate of drug-likeness (QED) is 0.0810. The van der Waals surface area contributed by atoms with E-state index in [4.69, 9.17) is 37.4 Å². The summed E-state index contributed by atoms with van der Waals surface area (Å²) in [6, 6.07) is 22.4. The van der Waals surface area contributed by atoms with Gasteiger partial charge in [-0.25, -0.2) is 9.88 Å². The van der Waals surface area contributed by atoms with Gasteiger partial charge in [-0.05, 0) is 60.5 Å². The third-order valence-electron chi connectivity index (χ3n) is 6.98. The molecule has 0 spiro atoms. The summed E-state index contributed by atoms with van der Waals surface area (Å²) in [5, 5.41) is 0.915. The largest absolute Gasteiger partial charge is 0.487 e. The maximum atomic E-state index is 13.9. The summed E-state index contributed by atoms with van der Waals surface area (Å²) in [6.45, 7) is 3.23. The fourth-order valence-electron chi connectivity index (χ4n) is 4.63. The molecule has 45 heavy (non-hydrogen) atoms. The Hall–Kier alpha value is -4.57. The number of pyridine rings is 1. The lowest BCUT2D eigenvalue weighted by atomic mass is 10.1. The normalized spacial score (nSPS) is 10.9. The van der Waals surface area contributed by atoms with E-state index in [1.54, 1.807) is 60.7 Å². The topological polar surface area (TPSA) is 94.9 Å². The van der Waals surface area contributed by atoms with Crippen molar-refractivity contribution in [3.63, 3.8) is 0 Å². The van der Waals surface area contributed by atoms with Gasteiger partial charge in [-0.2, -0.15) is 0 Å². The van der Waals surface area contributed by atoms with Crippen LogP contribution in [0.5, 0.6) is 17.2 Å². The summed E-state index contributed by atoms with van der Waals surface area (Å²) in [5.74, 6) is 0.876. The van der Waals surface area contributed by atoms with Crippen LogP contribution in [0.4, 0.5) is 5.82 Å². The highest BCUT2D eigenvalue weighted by Gasteiger charge is 2.28. The van der Waals surface area contributed by atoms with Crippen molar-refractivity contribution in [3.05, 3.63) is 114 Å². The molecule has 0 atom stereocenters. The van der Waals surface area contributed by atoms with E-state index in [1.165, 1.54) is 6.20 Å². The Bertz CT molecular complexity index is 1720. The summed E-state index contributed by atoms with van der Waals surface area (Å²) in [4.78, 5) is 33.2. The molecule has 2 heterocycles. The maximum absolute atomic E-state index is 13.9. The van der Waals surface area contributed by atoms with Gasteiger partial charge >= 0.3 is 0 Å². The molecule has 2 amide bonds. The molecule has 5 rings (SSSR count). The summed E-state index contributed by atoms with van der Waals surface area (Å²) in [6.07, 6.45) is 3.38. The van der Waals surface area contributed by atoms with Crippen molar-refractivity contribution >= 4 is 51.7 Å². The lowest BCUT2D eigenvalue weighted by Crippen LogP contribution is -2.37. The van der Waals surface area contributed by atoms with Crippen molar-refractivity contribution in [2.45, 2.75) is 18.7 Å². The monoisotopic (exact) mass is 646 g/mol. The number of ether oxygens (including phenoxy) is 3. The van der Waals surface area contributed by atoms with Crippen LogP contribution in [0.2, 0.25) is 0 Å². The summed E-state index contributed by atoms with van der Waals surface area (Å²) >= 11 is 11.9. The van der Waals surface area contributed by atoms with Gasteiger partial charge in [-0.1, -0.05) is 24.3 Å². The highest BCUT2D eigenvalue weighted by atomic mass is 35.5. The number of imide groups is 1. The Morgan fingerprint density at radius 1 is 0.844 bits per heavy atom. The van der Waals surface area contributed by atoms with Gasteiger partial charge in [0.2, 0.25) is 0 Å². The number of fused-ring (bicyclic) bond motifs is 1. The Labute approximate surface area is 271 Å². The minimum absolute atomic E-state index is 0.0894. The lowest BCUT2D eigenvalue weighted by molar-refractivity contribution is 0.0896. The van der Waals surface area contributed by atoms with Crippen molar-refractivity contribution in [1.82, 2.24) is 9.66 Å².